The molecule has 0 spiro atoms. The zero-order chi connectivity index (χ0) is 24.0. The molecule has 2 fully saturated rings. The van der Waals surface area contributed by atoms with Gasteiger partial charge in [0.25, 0.3) is 5.91 Å². The van der Waals surface area contributed by atoms with E-state index in [-0.39, 0.29) is 11.8 Å². The second-order valence-corrected chi connectivity index (χ2v) is 8.80. The molecule has 0 aromatic heterocycles. The zero-order valence-corrected chi connectivity index (χ0v) is 19.6. The summed E-state index contributed by atoms with van der Waals surface area (Å²) in [6, 6.07) is 22.3. The Hall–Kier alpha value is -3.84. The van der Waals surface area contributed by atoms with Gasteiger partial charge in [-0.3, -0.25) is 14.4 Å². The Morgan fingerprint density at radius 2 is 1.56 bits per heavy atom. The molecule has 0 aliphatic carbocycles. The van der Waals surface area contributed by atoms with Gasteiger partial charge in [-0.05, 0) is 60.5 Å². The Labute approximate surface area is 199 Å². The van der Waals surface area contributed by atoms with Crippen LogP contribution in [-0.4, -0.2) is 39.1 Å². The average Bonchev–Trinajstić information content (AvgIpc) is 3.35. The SMILES string of the molecule is COc1ccc(N2C(=O)[C@H]3[C@@H](c4ccc(N(C)C)cc4)N(c4ccccc4C)O[C@H]3C2=O)cc1. The maximum Gasteiger partial charge on any atom is 0.266 e. The minimum absolute atomic E-state index is 0.266. The van der Waals surface area contributed by atoms with E-state index in [0.29, 0.717) is 11.4 Å². The van der Waals surface area contributed by atoms with Crippen LogP contribution in [0.25, 0.3) is 0 Å². The van der Waals surface area contributed by atoms with Gasteiger partial charge in [0.15, 0.2) is 6.10 Å². The summed E-state index contributed by atoms with van der Waals surface area (Å²) in [5, 5.41) is 1.75. The summed E-state index contributed by atoms with van der Waals surface area (Å²) in [7, 11) is 5.54. The van der Waals surface area contributed by atoms with Crippen molar-refractivity contribution in [3.63, 3.8) is 0 Å². The Balaban J connectivity index is 1.57. The number of hydrogen-bond donors (Lipinski definition) is 0. The number of nitrogens with zero attached hydrogens (tertiary/aromatic N) is 3. The molecule has 34 heavy (non-hydrogen) atoms. The highest BCUT2D eigenvalue weighted by Gasteiger charge is 2.60. The number of rotatable bonds is 5. The van der Waals surface area contributed by atoms with Gasteiger partial charge in [-0.15, -0.1) is 0 Å². The summed E-state index contributed by atoms with van der Waals surface area (Å²) in [6.07, 6.45) is -0.896. The first-order valence-corrected chi connectivity index (χ1v) is 11.2. The molecule has 0 N–H and O–H groups in total. The molecule has 174 valence electrons. The van der Waals surface area contributed by atoms with Crippen molar-refractivity contribution in [2.75, 3.05) is 36.1 Å². The van der Waals surface area contributed by atoms with Crippen LogP contribution in [0.4, 0.5) is 17.1 Å². The van der Waals surface area contributed by atoms with Crippen molar-refractivity contribution < 1.29 is 19.2 Å². The Bertz CT molecular complexity index is 1220. The minimum Gasteiger partial charge on any atom is -0.497 e. The summed E-state index contributed by atoms with van der Waals surface area (Å²) in [5.74, 6) is -0.632. The third-order valence-electron chi connectivity index (χ3n) is 6.55. The molecule has 0 saturated carbocycles. The number of benzene rings is 3. The number of carbonyl (C=O) groups excluding carboxylic acids is 2. The monoisotopic (exact) mass is 457 g/mol. The standard InChI is InChI=1S/C27H27N3O4/c1-17-7-5-6-8-22(17)30-24(18-9-11-19(12-10-18)28(2)3)23-25(34-30)27(32)29(26(23)31)20-13-15-21(33-4)16-14-20/h5-16,23-25H,1-4H3/t23-,24+,25+/m0/s1. The summed E-state index contributed by atoms with van der Waals surface area (Å²) in [5.41, 5.74) is 4.33. The molecular formula is C27H27N3O4. The van der Waals surface area contributed by atoms with Crippen molar-refractivity contribution in [3.05, 3.63) is 83.9 Å². The van der Waals surface area contributed by atoms with Crippen LogP contribution >= 0.6 is 0 Å². The van der Waals surface area contributed by atoms with Crippen LogP contribution in [0.5, 0.6) is 5.75 Å². The van der Waals surface area contributed by atoms with Gasteiger partial charge in [-0.1, -0.05) is 30.3 Å². The topological polar surface area (TPSA) is 62.3 Å². The number of hydroxylamine groups is 1. The number of methoxy groups -OCH3 is 1. The van der Waals surface area contributed by atoms with E-state index in [1.165, 1.54) is 4.90 Å². The number of carbonyl (C=O) groups is 2. The van der Waals surface area contributed by atoms with Crippen LogP contribution in [0.15, 0.2) is 72.8 Å². The average molecular weight is 458 g/mol. The van der Waals surface area contributed by atoms with Gasteiger partial charge in [0.2, 0.25) is 5.91 Å². The first-order valence-electron chi connectivity index (χ1n) is 11.2. The van der Waals surface area contributed by atoms with Gasteiger partial charge in [-0.2, -0.15) is 0 Å². The van der Waals surface area contributed by atoms with Crippen molar-refractivity contribution in [2.45, 2.75) is 19.1 Å². The van der Waals surface area contributed by atoms with E-state index in [0.717, 1.165) is 22.5 Å². The summed E-state index contributed by atoms with van der Waals surface area (Å²) >= 11 is 0. The maximum atomic E-state index is 13.7. The lowest BCUT2D eigenvalue weighted by molar-refractivity contribution is -0.126. The van der Waals surface area contributed by atoms with E-state index in [2.05, 4.69) is 0 Å². The van der Waals surface area contributed by atoms with Gasteiger partial charge in [-0.25, -0.2) is 9.96 Å². The predicted molar refractivity (Wildman–Crippen MR) is 131 cm³/mol. The number of ether oxygens (including phenoxy) is 1. The summed E-state index contributed by atoms with van der Waals surface area (Å²) in [4.78, 5) is 36.7. The molecule has 2 saturated heterocycles. The second-order valence-electron chi connectivity index (χ2n) is 8.80. The van der Waals surface area contributed by atoms with Gasteiger partial charge in [0.1, 0.15) is 11.7 Å². The molecule has 0 radical (unpaired) electrons. The number of anilines is 3. The Morgan fingerprint density at radius 3 is 2.18 bits per heavy atom. The van der Waals surface area contributed by atoms with Crippen molar-refractivity contribution in [1.29, 1.82) is 0 Å². The first-order chi connectivity index (χ1) is 16.4. The van der Waals surface area contributed by atoms with Crippen molar-refractivity contribution in [1.82, 2.24) is 0 Å². The van der Waals surface area contributed by atoms with Gasteiger partial charge >= 0.3 is 0 Å². The molecule has 2 aliphatic rings. The van der Waals surface area contributed by atoms with Crippen molar-refractivity contribution in [3.8, 4) is 5.75 Å². The highest BCUT2D eigenvalue weighted by atomic mass is 16.7. The van der Waals surface area contributed by atoms with Crippen LogP contribution in [0.1, 0.15) is 17.2 Å². The van der Waals surface area contributed by atoms with E-state index < -0.39 is 18.1 Å². The second kappa shape index (κ2) is 8.50. The number of aryl methyl sites for hydroxylation is 1. The fourth-order valence-electron chi connectivity index (χ4n) is 4.73. The number of fused-ring (bicyclic) bond motifs is 1. The van der Waals surface area contributed by atoms with Crippen LogP contribution in [0.2, 0.25) is 0 Å². The largest absolute Gasteiger partial charge is 0.497 e. The highest BCUT2D eigenvalue weighted by molar-refractivity contribution is 6.24. The van der Waals surface area contributed by atoms with Crippen LogP contribution < -0.4 is 19.6 Å². The fraction of sp³-hybridized carbons (Fsp3) is 0.259. The molecule has 2 heterocycles. The molecule has 0 unspecified atom stereocenters. The first kappa shape index (κ1) is 22.0. The Morgan fingerprint density at radius 1 is 0.882 bits per heavy atom. The highest BCUT2D eigenvalue weighted by Crippen LogP contribution is 2.48. The molecule has 3 atom stereocenters. The van der Waals surface area contributed by atoms with E-state index in [1.54, 1.807) is 36.4 Å². The van der Waals surface area contributed by atoms with Crippen molar-refractivity contribution >= 4 is 28.9 Å². The Kier molecular flexibility index (Phi) is 5.49. The maximum absolute atomic E-state index is 13.7. The molecule has 5 rings (SSSR count). The minimum atomic E-state index is -0.896. The van der Waals surface area contributed by atoms with Crippen LogP contribution in [0.3, 0.4) is 0 Å². The lowest BCUT2D eigenvalue weighted by Gasteiger charge is -2.30. The fourth-order valence-corrected chi connectivity index (χ4v) is 4.73. The molecule has 2 amide bonds. The number of amides is 2. The molecule has 0 bridgehead atoms. The molecular weight excluding hydrogens is 430 g/mol. The number of para-hydroxylation sites is 1. The zero-order valence-electron chi connectivity index (χ0n) is 19.6. The van der Waals surface area contributed by atoms with Crippen LogP contribution in [0, 0.1) is 12.8 Å². The number of hydrogen-bond acceptors (Lipinski definition) is 6. The number of imide groups is 1. The van der Waals surface area contributed by atoms with E-state index in [4.69, 9.17) is 9.57 Å². The van der Waals surface area contributed by atoms with Crippen LogP contribution in [-0.2, 0) is 14.4 Å². The normalized spacial score (nSPS) is 21.7. The van der Waals surface area contributed by atoms with Gasteiger partial charge in [0, 0.05) is 19.8 Å². The van der Waals surface area contributed by atoms with E-state index in [1.807, 2.05) is 74.4 Å². The molecule has 7 heteroatoms. The van der Waals surface area contributed by atoms with Gasteiger partial charge in [0.05, 0.1) is 24.5 Å². The third kappa shape index (κ3) is 3.49. The predicted octanol–water partition coefficient (Wildman–Crippen LogP) is 4.12. The molecule has 2 aliphatic heterocycles. The van der Waals surface area contributed by atoms with Crippen molar-refractivity contribution in [2.24, 2.45) is 5.92 Å². The molecule has 3 aromatic carbocycles. The molecule has 7 nitrogen and oxygen atoms in total. The van der Waals surface area contributed by atoms with E-state index >= 15 is 0 Å². The third-order valence-corrected chi connectivity index (χ3v) is 6.55. The van der Waals surface area contributed by atoms with Gasteiger partial charge < -0.3 is 9.64 Å². The quantitative estimate of drug-likeness (QED) is 0.537. The lowest BCUT2D eigenvalue weighted by Crippen LogP contribution is -2.37. The smallest absolute Gasteiger partial charge is 0.266 e. The lowest BCUT2D eigenvalue weighted by atomic mass is 9.90. The van der Waals surface area contributed by atoms with E-state index in [9.17, 15) is 9.59 Å². The summed E-state index contributed by atoms with van der Waals surface area (Å²) < 4.78 is 5.21. The molecule has 3 aromatic rings. The summed E-state index contributed by atoms with van der Waals surface area (Å²) in [6.45, 7) is 1.99.